The summed E-state index contributed by atoms with van der Waals surface area (Å²) in [5.41, 5.74) is 5.35. The Labute approximate surface area is 152 Å². The number of carboxylic acid groups (broad SMARTS) is 4. The average Bonchev–Trinajstić information content (AvgIpc) is 2.53. The van der Waals surface area contributed by atoms with Crippen molar-refractivity contribution in [3.8, 4) is 0 Å². The molecule has 152 valence electrons. The quantitative estimate of drug-likeness (QED) is 0.174. The molecule has 13 heteroatoms. The van der Waals surface area contributed by atoms with Gasteiger partial charge in [0.2, 0.25) is 11.8 Å². The first-order valence-electron chi connectivity index (χ1n) is 7.68. The summed E-state index contributed by atoms with van der Waals surface area (Å²) < 4.78 is 0. The summed E-state index contributed by atoms with van der Waals surface area (Å²) in [5, 5.41) is 39.0. The van der Waals surface area contributed by atoms with Crippen molar-refractivity contribution in [2.24, 2.45) is 5.73 Å². The lowest BCUT2D eigenvalue weighted by Gasteiger charge is -2.22. The fourth-order valence-electron chi connectivity index (χ4n) is 1.89. The Morgan fingerprint density at radius 2 is 1.15 bits per heavy atom. The number of amides is 2. The molecule has 0 rings (SSSR count). The summed E-state index contributed by atoms with van der Waals surface area (Å²) in [5.74, 6) is -7.58. The van der Waals surface area contributed by atoms with Crippen LogP contribution in [0.2, 0.25) is 0 Å². The third-order valence-corrected chi connectivity index (χ3v) is 3.27. The van der Waals surface area contributed by atoms with Crippen molar-refractivity contribution in [1.29, 1.82) is 0 Å². The molecule has 0 aliphatic rings. The van der Waals surface area contributed by atoms with E-state index in [2.05, 4.69) is 5.32 Å². The Morgan fingerprint density at radius 1 is 0.704 bits per heavy atom. The zero-order valence-electron chi connectivity index (χ0n) is 14.1. The van der Waals surface area contributed by atoms with Crippen LogP contribution in [-0.2, 0) is 28.8 Å². The van der Waals surface area contributed by atoms with Gasteiger partial charge in [0.05, 0.1) is 12.5 Å². The molecule has 3 atom stereocenters. The minimum atomic E-state index is -1.58. The van der Waals surface area contributed by atoms with Gasteiger partial charge in [-0.25, -0.2) is 4.79 Å². The first-order valence-corrected chi connectivity index (χ1v) is 7.68. The van der Waals surface area contributed by atoms with Crippen molar-refractivity contribution in [3.05, 3.63) is 0 Å². The van der Waals surface area contributed by atoms with Crippen molar-refractivity contribution < 1.29 is 49.2 Å². The fourth-order valence-corrected chi connectivity index (χ4v) is 1.89. The van der Waals surface area contributed by atoms with Gasteiger partial charge in [-0.05, 0) is 12.8 Å². The minimum absolute atomic E-state index is 0.419. The zero-order valence-corrected chi connectivity index (χ0v) is 14.1. The lowest BCUT2D eigenvalue weighted by atomic mass is 10.1. The van der Waals surface area contributed by atoms with Crippen LogP contribution in [0, 0.1) is 0 Å². The standard InChI is InChI=1S/C14H21N3O10/c15-6(5-11(22)23)12(24)16-7(1-3-9(18)19)13(25)17-8(14(26)27)2-4-10(20)21/h6-8H,1-5,15H2,(H,16,24)(H,17,25)(H,18,19)(H,20,21)(H,22,23)(H,26,27)/t6-,7-,8-/m0/s1. The van der Waals surface area contributed by atoms with Crippen molar-refractivity contribution in [3.63, 3.8) is 0 Å². The third-order valence-electron chi connectivity index (χ3n) is 3.27. The topological polar surface area (TPSA) is 233 Å². The summed E-state index contributed by atoms with van der Waals surface area (Å²) in [6.07, 6.45) is -2.70. The van der Waals surface area contributed by atoms with E-state index in [1.807, 2.05) is 5.32 Å². The third kappa shape index (κ3) is 10.4. The van der Waals surface area contributed by atoms with Crippen molar-refractivity contribution in [2.75, 3.05) is 0 Å². The number of carbonyl (C=O) groups excluding carboxylic acids is 2. The number of carboxylic acids is 4. The molecule has 0 spiro atoms. The monoisotopic (exact) mass is 391 g/mol. The normalized spacial score (nSPS) is 13.7. The van der Waals surface area contributed by atoms with Crippen LogP contribution in [0.15, 0.2) is 0 Å². The van der Waals surface area contributed by atoms with Gasteiger partial charge in [0, 0.05) is 12.8 Å². The van der Waals surface area contributed by atoms with E-state index in [1.165, 1.54) is 0 Å². The van der Waals surface area contributed by atoms with E-state index in [-0.39, 0.29) is 0 Å². The predicted molar refractivity (Wildman–Crippen MR) is 85.5 cm³/mol. The van der Waals surface area contributed by atoms with Gasteiger partial charge in [0.25, 0.3) is 0 Å². The zero-order chi connectivity index (χ0) is 21.1. The molecule has 0 aliphatic carbocycles. The van der Waals surface area contributed by atoms with E-state index < -0.39 is 85.9 Å². The molecule has 13 nitrogen and oxygen atoms in total. The Kier molecular flexibility index (Phi) is 10.0. The van der Waals surface area contributed by atoms with Crippen LogP contribution in [0.3, 0.4) is 0 Å². The van der Waals surface area contributed by atoms with Crippen LogP contribution >= 0.6 is 0 Å². The van der Waals surface area contributed by atoms with E-state index in [0.29, 0.717) is 0 Å². The Morgan fingerprint density at radius 3 is 1.56 bits per heavy atom. The molecule has 0 fully saturated rings. The molecular weight excluding hydrogens is 370 g/mol. The Balaban J connectivity index is 5.12. The number of carbonyl (C=O) groups is 6. The first-order chi connectivity index (χ1) is 12.4. The van der Waals surface area contributed by atoms with Crippen LogP contribution in [0.25, 0.3) is 0 Å². The molecule has 0 heterocycles. The van der Waals surface area contributed by atoms with Gasteiger partial charge >= 0.3 is 23.9 Å². The molecule has 27 heavy (non-hydrogen) atoms. The van der Waals surface area contributed by atoms with Crippen LogP contribution < -0.4 is 16.4 Å². The molecule has 0 bridgehead atoms. The highest BCUT2D eigenvalue weighted by Crippen LogP contribution is 2.04. The van der Waals surface area contributed by atoms with Crippen molar-refractivity contribution in [1.82, 2.24) is 10.6 Å². The molecule has 0 saturated heterocycles. The first kappa shape index (κ1) is 23.8. The lowest BCUT2D eigenvalue weighted by Crippen LogP contribution is -2.54. The highest BCUT2D eigenvalue weighted by molar-refractivity contribution is 5.93. The van der Waals surface area contributed by atoms with Gasteiger partial charge in [0.15, 0.2) is 0 Å². The second kappa shape index (κ2) is 11.4. The van der Waals surface area contributed by atoms with Gasteiger partial charge in [-0.2, -0.15) is 0 Å². The minimum Gasteiger partial charge on any atom is -0.481 e. The summed E-state index contributed by atoms with van der Waals surface area (Å²) >= 11 is 0. The van der Waals surface area contributed by atoms with Crippen LogP contribution in [0.5, 0.6) is 0 Å². The number of nitrogens with one attached hydrogen (secondary N) is 2. The molecule has 8 N–H and O–H groups in total. The number of nitrogens with two attached hydrogens (primary N) is 1. The van der Waals surface area contributed by atoms with E-state index in [0.717, 1.165) is 0 Å². The molecule has 0 aromatic rings. The Bertz CT molecular complexity index is 606. The second-order valence-electron chi connectivity index (χ2n) is 5.53. The number of rotatable bonds is 13. The molecule has 2 amide bonds. The largest absolute Gasteiger partial charge is 0.481 e. The van der Waals surface area contributed by atoms with Gasteiger partial charge in [-0.3, -0.25) is 24.0 Å². The summed E-state index contributed by atoms with van der Waals surface area (Å²) in [4.78, 5) is 67.0. The summed E-state index contributed by atoms with van der Waals surface area (Å²) in [6.45, 7) is 0. The molecule has 0 saturated carbocycles. The number of hydrogen-bond acceptors (Lipinski definition) is 7. The molecular formula is C14H21N3O10. The van der Waals surface area contributed by atoms with Crippen LogP contribution in [-0.4, -0.2) is 74.2 Å². The predicted octanol–water partition coefficient (Wildman–Crippen LogP) is -2.43. The molecule has 0 aliphatic heterocycles. The molecule has 0 aromatic heterocycles. The molecule has 0 unspecified atom stereocenters. The van der Waals surface area contributed by atoms with E-state index in [9.17, 15) is 28.8 Å². The van der Waals surface area contributed by atoms with Gasteiger partial charge in [-0.15, -0.1) is 0 Å². The maximum atomic E-state index is 12.2. The van der Waals surface area contributed by atoms with Crippen molar-refractivity contribution in [2.45, 2.75) is 50.2 Å². The second-order valence-corrected chi connectivity index (χ2v) is 5.53. The summed E-state index contributed by atoms with van der Waals surface area (Å²) in [7, 11) is 0. The SMILES string of the molecule is N[C@@H](CC(=O)O)C(=O)N[C@@H](CCC(=O)O)C(=O)N[C@@H](CCC(=O)O)C(=O)O. The van der Waals surface area contributed by atoms with E-state index >= 15 is 0 Å². The number of hydrogen-bond donors (Lipinski definition) is 7. The van der Waals surface area contributed by atoms with Crippen molar-refractivity contribution >= 4 is 35.7 Å². The highest BCUT2D eigenvalue weighted by Gasteiger charge is 2.29. The van der Waals surface area contributed by atoms with Crippen LogP contribution in [0.4, 0.5) is 0 Å². The molecule has 0 aromatic carbocycles. The average molecular weight is 391 g/mol. The molecule has 0 radical (unpaired) electrons. The maximum absolute atomic E-state index is 12.2. The smallest absolute Gasteiger partial charge is 0.326 e. The fraction of sp³-hybridized carbons (Fsp3) is 0.571. The summed E-state index contributed by atoms with van der Waals surface area (Å²) in [6, 6.07) is -4.59. The van der Waals surface area contributed by atoms with Gasteiger partial charge in [-0.1, -0.05) is 0 Å². The van der Waals surface area contributed by atoms with Gasteiger partial charge in [0.1, 0.15) is 12.1 Å². The highest BCUT2D eigenvalue weighted by atomic mass is 16.4. The van der Waals surface area contributed by atoms with E-state index in [4.69, 9.17) is 26.2 Å². The maximum Gasteiger partial charge on any atom is 0.326 e. The lowest BCUT2D eigenvalue weighted by molar-refractivity contribution is -0.144. The Hall–Kier alpha value is -3.22. The van der Waals surface area contributed by atoms with Gasteiger partial charge < -0.3 is 36.8 Å². The van der Waals surface area contributed by atoms with Crippen LogP contribution in [0.1, 0.15) is 32.1 Å². The van der Waals surface area contributed by atoms with E-state index in [1.54, 1.807) is 0 Å². The number of aliphatic carboxylic acids is 4.